The first-order valence-corrected chi connectivity index (χ1v) is 15.1. The molecule has 10 nitrogen and oxygen atoms in total. The smallest absolute Gasteiger partial charge is 0.438 e. The zero-order valence-electron chi connectivity index (χ0n) is 24.5. The van der Waals surface area contributed by atoms with E-state index >= 15 is 0 Å². The van der Waals surface area contributed by atoms with Crippen molar-refractivity contribution in [3.05, 3.63) is 93.2 Å². The summed E-state index contributed by atoms with van der Waals surface area (Å²) in [7, 11) is 1.62. The van der Waals surface area contributed by atoms with Gasteiger partial charge in [-0.25, -0.2) is 4.79 Å². The fraction of sp³-hybridized carbons (Fsp3) is 0.324. The molecule has 0 unspecified atom stereocenters. The van der Waals surface area contributed by atoms with Crippen molar-refractivity contribution in [1.82, 2.24) is 14.7 Å². The molecule has 1 saturated carbocycles. The second-order valence-electron chi connectivity index (χ2n) is 11.7. The SMILES string of the molecule is COc1cc2c(c([C@H](Cc3ccc(O)cc3)c3noc(=O)[nH]3)c1)-c1c(C3CCCCC3)c3ccc(C(N)=O)cc3n1CCO2. The van der Waals surface area contributed by atoms with Crippen molar-refractivity contribution >= 4 is 16.8 Å². The van der Waals surface area contributed by atoms with Crippen LogP contribution in [0, 0.1) is 0 Å². The number of carbonyl (C=O) groups is 1. The molecule has 0 bridgehead atoms. The van der Waals surface area contributed by atoms with Crippen molar-refractivity contribution in [2.75, 3.05) is 13.7 Å². The molecular weight excluding hydrogens is 560 g/mol. The minimum absolute atomic E-state index is 0.167. The lowest BCUT2D eigenvalue weighted by Gasteiger charge is -2.26. The van der Waals surface area contributed by atoms with Gasteiger partial charge in [0.25, 0.3) is 0 Å². The molecule has 3 aromatic carbocycles. The molecule has 1 fully saturated rings. The van der Waals surface area contributed by atoms with Crippen LogP contribution in [0.1, 0.15) is 76.8 Å². The van der Waals surface area contributed by atoms with Crippen LogP contribution in [0.4, 0.5) is 0 Å². The van der Waals surface area contributed by atoms with Crippen LogP contribution >= 0.6 is 0 Å². The van der Waals surface area contributed by atoms with Crippen LogP contribution < -0.4 is 21.0 Å². The van der Waals surface area contributed by atoms with Gasteiger partial charge in [0, 0.05) is 28.1 Å². The number of nitrogens with zero attached hydrogens (tertiary/aromatic N) is 2. The number of methoxy groups -OCH3 is 1. The lowest BCUT2D eigenvalue weighted by molar-refractivity contribution is 0.100. The van der Waals surface area contributed by atoms with Gasteiger partial charge in [-0.3, -0.25) is 14.3 Å². The highest BCUT2D eigenvalue weighted by Crippen LogP contribution is 2.51. The summed E-state index contributed by atoms with van der Waals surface area (Å²) < 4.78 is 19.5. The second-order valence-corrected chi connectivity index (χ2v) is 11.7. The Morgan fingerprint density at radius 2 is 1.93 bits per heavy atom. The van der Waals surface area contributed by atoms with Crippen LogP contribution in [0.2, 0.25) is 0 Å². The molecule has 1 amide bonds. The first-order valence-electron chi connectivity index (χ1n) is 15.1. The number of ether oxygens (including phenoxy) is 2. The van der Waals surface area contributed by atoms with Crippen LogP contribution in [0.3, 0.4) is 0 Å². The number of primary amides is 1. The molecule has 44 heavy (non-hydrogen) atoms. The fourth-order valence-electron chi connectivity index (χ4n) is 7.07. The molecule has 3 heterocycles. The third-order valence-corrected chi connectivity index (χ3v) is 9.09. The van der Waals surface area contributed by atoms with Gasteiger partial charge in [0.2, 0.25) is 5.91 Å². The van der Waals surface area contributed by atoms with E-state index in [1.807, 2.05) is 42.5 Å². The fourth-order valence-corrected chi connectivity index (χ4v) is 7.07. The maximum atomic E-state index is 12.3. The number of benzene rings is 3. The van der Waals surface area contributed by atoms with Crippen LogP contribution in [0.25, 0.3) is 22.2 Å². The van der Waals surface area contributed by atoms with Gasteiger partial charge in [-0.15, -0.1) is 0 Å². The maximum absolute atomic E-state index is 12.3. The Kier molecular flexibility index (Phi) is 7.12. The highest BCUT2D eigenvalue weighted by Gasteiger charge is 2.34. The Morgan fingerprint density at radius 1 is 1.14 bits per heavy atom. The van der Waals surface area contributed by atoms with Gasteiger partial charge in [-0.2, -0.15) is 0 Å². The number of aromatic amines is 1. The van der Waals surface area contributed by atoms with Crippen molar-refractivity contribution in [3.63, 3.8) is 0 Å². The van der Waals surface area contributed by atoms with Crippen molar-refractivity contribution in [1.29, 1.82) is 0 Å². The highest BCUT2D eigenvalue weighted by molar-refractivity contribution is 6.01. The molecule has 2 aliphatic rings. The van der Waals surface area contributed by atoms with E-state index in [0.29, 0.717) is 48.4 Å². The lowest BCUT2D eigenvalue weighted by Crippen LogP contribution is -2.13. The average molecular weight is 595 g/mol. The number of amides is 1. The molecule has 0 radical (unpaired) electrons. The summed E-state index contributed by atoms with van der Waals surface area (Å²) in [4.78, 5) is 27.3. The van der Waals surface area contributed by atoms with Crippen LogP contribution in [0.15, 0.2) is 63.9 Å². The molecule has 0 saturated heterocycles. The van der Waals surface area contributed by atoms with Gasteiger partial charge >= 0.3 is 5.76 Å². The minimum Gasteiger partial charge on any atom is -0.508 e. The van der Waals surface area contributed by atoms with E-state index in [9.17, 15) is 14.7 Å². The summed E-state index contributed by atoms with van der Waals surface area (Å²) in [5, 5.41) is 15.2. The van der Waals surface area contributed by atoms with Gasteiger partial charge in [-0.1, -0.05) is 42.6 Å². The molecule has 4 N–H and O–H groups in total. The number of aromatic nitrogens is 3. The normalized spacial score (nSPS) is 15.7. The summed E-state index contributed by atoms with van der Waals surface area (Å²) >= 11 is 0. The van der Waals surface area contributed by atoms with Crippen molar-refractivity contribution in [2.24, 2.45) is 5.73 Å². The molecule has 0 spiro atoms. The van der Waals surface area contributed by atoms with E-state index < -0.39 is 17.6 Å². The Bertz CT molecular complexity index is 1910. The number of nitrogens with one attached hydrogen (secondary N) is 1. The third kappa shape index (κ3) is 4.90. The quantitative estimate of drug-likeness (QED) is 0.222. The Morgan fingerprint density at radius 3 is 2.64 bits per heavy atom. The first kappa shape index (κ1) is 27.8. The number of phenols is 1. The number of H-pyrrole nitrogens is 1. The summed E-state index contributed by atoms with van der Waals surface area (Å²) in [5.74, 6) is 0.586. The summed E-state index contributed by atoms with van der Waals surface area (Å²) in [5.41, 5.74) is 12.1. The lowest BCUT2D eigenvalue weighted by atomic mass is 9.79. The topological polar surface area (TPSA) is 146 Å². The first-order chi connectivity index (χ1) is 21.4. The number of nitrogens with two attached hydrogens (primary N) is 1. The van der Waals surface area contributed by atoms with Gasteiger partial charge in [-0.05, 0) is 72.2 Å². The van der Waals surface area contributed by atoms with E-state index in [1.165, 1.54) is 12.0 Å². The monoisotopic (exact) mass is 594 g/mol. The highest BCUT2D eigenvalue weighted by atomic mass is 16.5. The van der Waals surface area contributed by atoms with E-state index in [0.717, 1.165) is 59.0 Å². The predicted octanol–water partition coefficient (Wildman–Crippen LogP) is 5.61. The molecular formula is C34H34N4O6. The molecule has 226 valence electrons. The maximum Gasteiger partial charge on any atom is 0.438 e. The molecule has 1 aliphatic carbocycles. The largest absolute Gasteiger partial charge is 0.508 e. The van der Waals surface area contributed by atoms with E-state index in [-0.39, 0.29) is 5.75 Å². The molecule has 10 heteroatoms. The Balaban J connectivity index is 1.54. The number of carbonyl (C=O) groups excluding carboxylic acids is 1. The molecule has 7 rings (SSSR count). The Labute approximate surface area is 253 Å². The molecule has 2 aromatic heterocycles. The van der Waals surface area contributed by atoms with Crippen molar-refractivity contribution in [3.8, 4) is 28.5 Å². The number of hydrogen-bond acceptors (Lipinski definition) is 7. The van der Waals surface area contributed by atoms with E-state index in [4.69, 9.17) is 19.7 Å². The van der Waals surface area contributed by atoms with Gasteiger partial charge in [0.15, 0.2) is 5.82 Å². The zero-order chi connectivity index (χ0) is 30.4. The number of aromatic hydroxyl groups is 1. The molecule has 1 atom stereocenters. The van der Waals surface area contributed by atoms with Crippen LogP contribution in [-0.4, -0.2) is 39.4 Å². The minimum atomic E-state index is -0.642. The molecule has 1 aliphatic heterocycles. The molecule has 5 aromatic rings. The average Bonchev–Trinajstić information content (AvgIpc) is 3.55. The second kappa shape index (κ2) is 11.3. The van der Waals surface area contributed by atoms with Crippen molar-refractivity contribution in [2.45, 2.75) is 56.9 Å². The van der Waals surface area contributed by atoms with Crippen LogP contribution in [-0.2, 0) is 13.0 Å². The van der Waals surface area contributed by atoms with Gasteiger partial charge in [0.1, 0.15) is 23.9 Å². The van der Waals surface area contributed by atoms with Crippen molar-refractivity contribution < 1.29 is 23.9 Å². The van der Waals surface area contributed by atoms with E-state index in [1.54, 1.807) is 19.2 Å². The van der Waals surface area contributed by atoms with E-state index in [2.05, 4.69) is 14.7 Å². The predicted molar refractivity (Wildman–Crippen MR) is 165 cm³/mol. The number of fused-ring (bicyclic) bond motifs is 5. The number of rotatable bonds is 7. The zero-order valence-corrected chi connectivity index (χ0v) is 24.5. The summed E-state index contributed by atoms with van der Waals surface area (Å²) in [6.07, 6.45) is 6.11. The number of hydrogen-bond donors (Lipinski definition) is 3. The third-order valence-electron chi connectivity index (χ3n) is 9.09. The van der Waals surface area contributed by atoms with Gasteiger partial charge < -0.3 is 24.9 Å². The standard InChI is InChI=1S/C34H34N4O6/c1-42-23-17-25(26(33-36-34(41)44-37-33)15-19-7-10-22(39)11-8-19)30-28(18-23)43-14-13-38-27-16-21(32(35)40)9-12-24(27)29(31(30)38)20-5-3-2-4-6-20/h7-12,16-18,20,26,39H,2-6,13-15H2,1H3,(H2,35,40)(H,36,37,41)/t26-/m0/s1. The Hall–Kier alpha value is -4.99. The van der Waals surface area contributed by atoms with Crippen LogP contribution in [0.5, 0.6) is 17.2 Å². The summed E-state index contributed by atoms with van der Waals surface area (Å²) in [6.45, 7) is 0.978. The van der Waals surface area contributed by atoms with Gasteiger partial charge in [0.05, 0.1) is 25.3 Å². The summed E-state index contributed by atoms with van der Waals surface area (Å²) in [6, 6.07) is 16.6. The number of phenolic OH excluding ortho intramolecular Hbond substituents is 1.